The first-order valence-corrected chi connectivity index (χ1v) is 7.78. The van der Waals surface area contributed by atoms with Crippen LogP contribution in [0.25, 0.3) is 0 Å². The van der Waals surface area contributed by atoms with Crippen molar-refractivity contribution in [2.45, 2.75) is 25.1 Å². The van der Waals surface area contributed by atoms with Crippen LogP contribution in [-0.4, -0.2) is 51.5 Å². The summed E-state index contributed by atoms with van der Waals surface area (Å²) in [5.41, 5.74) is 0.207. The average molecular weight is 350 g/mol. The molecular formula is C16H22F4N2O2. The standard InChI is InChI=1S/C16H22F4N2O2/c1-23-14-9-11(12(17)10-15(14)24-2)13(3-4-16(18,19)20)22-7-5-21-6-8-22/h9-10,13,21H,3-8H2,1-2H3/t13-/m1/s1. The van der Waals surface area contributed by atoms with E-state index in [0.717, 1.165) is 6.07 Å². The fraction of sp³-hybridized carbons (Fsp3) is 0.625. The summed E-state index contributed by atoms with van der Waals surface area (Å²) >= 11 is 0. The summed E-state index contributed by atoms with van der Waals surface area (Å²) in [5.74, 6) is -0.0620. The number of hydrogen-bond acceptors (Lipinski definition) is 4. The Morgan fingerprint density at radius 1 is 1.12 bits per heavy atom. The van der Waals surface area contributed by atoms with Gasteiger partial charge < -0.3 is 14.8 Å². The van der Waals surface area contributed by atoms with Crippen molar-refractivity contribution in [2.24, 2.45) is 0 Å². The lowest BCUT2D eigenvalue weighted by molar-refractivity contribution is -0.138. The number of halogens is 4. The highest BCUT2D eigenvalue weighted by atomic mass is 19.4. The monoisotopic (exact) mass is 350 g/mol. The molecule has 4 nitrogen and oxygen atoms in total. The Labute approximate surface area is 138 Å². The maximum atomic E-state index is 14.5. The van der Waals surface area contributed by atoms with Crippen molar-refractivity contribution >= 4 is 0 Å². The van der Waals surface area contributed by atoms with E-state index in [2.05, 4.69) is 5.32 Å². The molecule has 1 aromatic carbocycles. The van der Waals surface area contributed by atoms with Gasteiger partial charge in [0.2, 0.25) is 0 Å². The van der Waals surface area contributed by atoms with Crippen LogP contribution in [0.1, 0.15) is 24.4 Å². The molecule has 1 aliphatic heterocycles. The number of benzene rings is 1. The lowest BCUT2D eigenvalue weighted by Crippen LogP contribution is -2.45. The molecule has 1 aliphatic rings. The van der Waals surface area contributed by atoms with Crippen molar-refractivity contribution in [1.82, 2.24) is 10.2 Å². The van der Waals surface area contributed by atoms with E-state index in [-0.39, 0.29) is 17.7 Å². The highest BCUT2D eigenvalue weighted by Crippen LogP contribution is 2.38. The van der Waals surface area contributed by atoms with Gasteiger partial charge in [-0.2, -0.15) is 13.2 Å². The Hall–Kier alpha value is -1.54. The van der Waals surface area contributed by atoms with Gasteiger partial charge >= 0.3 is 6.18 Å². The molecule has 24 heavy (non-hydrogen) atoms. The molecule has 0 aromatic heterocycles. The number of rotatable bonds is 6. The predicted molar refractivity (Wildman–Crippen MR) is 82.0 cm³/mol. The molecule has 1 N–H and O–H groups in total. The van der Waals surface area contributed by atoms with Crippen molar-refractivity contribution in [1.29, 1.82) is 0 Å². The summed E-state index contributed by atoms with van der Waals surface area (Å²) in [6, 6.07) is 1.95. The highest BCUT2D eigenvalue weighted by Gasteiger charge is 2.33. The van der Waals surface area contributed by atoms with E-state index in [1.165, 1.54) is 20.3 Å². The van der Waals surface area contributed by atoms with Gasteiger partial charge in [-0.05, 0) is 12.5 Å². The molecule has 1 aromatic rings. The van der Waals surface area contributed by atoms with E-state index < -0.39 is 24.5 Å². The minimum Gasteiger partial charge on any atom is -0.493 e. The van der Waals surface area contributed by atoms with Crippen LogP contribution < -0.4 is 14.8 Å². The van der Waals surface area contributed by atoms with Crippen LogP contribution in [0.15, 0.2) is 12.1 Å². The zero-order chi connectivity index (χ0) is 17.7. The van der Waals surface area contributed by atoms with Gasteiger partial charge in [0.05, 0.1) is 14.2 Å². The quantitative estimate of drug-likeness (QED) is 0.800. The van der Waals surface area contributed by atoms with E-state index in [1.807, 2.05) is 4.90 Å². The molecule has 1 saturated heterocycles. The normalized spacial score (nSPS) is 17.6. The van der Waals surface area contributed by atoms with E-state index >= 15 is 0 Å². The molecule has 8 heteroatoms. The van der Waals surface area contributed by atoms with Gasteiger partial charge in [0, 0.05) is 50.3 Å². The SMILES string of the molecule is COc1cc(F)c([C@@H](CCC(F)(F)F)N2CCNCC2)cc1OC. The molecule has 1 heterocycles. The third-order valence-electron chi connectivity index (χ3n) is 4.16. The molecule has 0 saturated carbocycles. The van der Waals surface area contributed by atoms with Gasteiger partial charge in [-0.25, -0.2) is 4.39 Å². The molecule has 0 unspecified atom stereocenters. The van der Waals surface area contributed by atoms with Crippen molar-refractivity contribution < 1.29 is 27.0 Å². The van der Waals surface area contributed by atoms with Crippen molar-refractivity contribution in [2.75, 3.05) is 40.4 Å². The van der Waals surface area contributed by atoms with Gasteiger partial charge in [0.15, 0.2) is 11.5 Å². The number of piperazine rings is 1. The van der Waals surface area contributed by atoms with Gasteiger partial charge in [-0.15, -0.1) is 0 Å². The molecule has 1 fully saturated rings. The molecule has 0 radical (unpaired) electrons. The highest BCUT2D eigenvalue weighted by molar-refractivity contribution is 5.44. The average Bonchev–Trinajstić information content (AvgIpc) is 2.55. The van der Waals surface area contributed by atoms with E-state index in [1.54, 1.807) is 0 Å². The molecule has 0 spiro atoms. The second kappa shape index (κ2) is 8.02. The molecular weight excluding hydrogens is 328 g/mol. The van der Waals surface area contributed by atoms with Crippen molar-refractivity contribution in [3.05, 3.63) is 23.5 Å². The minimum atomic E-state index is -4.28. The van der Waals surface area contributed by atoms with Crippen molar-refractivity contribution in [3.63, 3.8) is 0 Å². The van der Waals surface area contributed by atoms with Crippen LogP contribution in [0.2, 0.25) is 0 Å². The molecule has 0 bridgehead atoms. The first-order chi connectivity index (χ1) is 11.4. The summed E-state index contributed by atoms with van der Waals surface area (Å²) < 4.78 is 62.8. The maximum Gasteiger partial charge on any atom is 0.389 e. The number of hydrogen-bond donors (Lipinski definition) is 1. The first kappa shape index (κ1) is 18.8. The molecule has 2 rings (SSSR count). The summed E-state index contributed by atoms with van der Waals surface area (Å²) in [5, 5.41) is 3.15. The third-order valence-corrected chi connectivity index (χ3v) is 4.16. The second-order valence-corrected chi connectivity index (χ2v) is 5.68. The van der Waals surface area contributed by atoms with Gasteiger partial charge in [-0.3, -0.25) is 4.90 Å². The predicted octanol–water partition coefficient (Wildman–Crippen LogP) is 3.13. The number of ether oxygens (including phenoxy) is 2. The number of nitrogens with one attached hydrogen (secondary N) is 1. The number of nitrogens with zero attached hydrogens (tertiary/aromatic N) is 1. The van der Waals surface area contributed by atoms with Crippen LogP contribution in [-0.2, 0) is 0 Å². The van der Waals surface area contributed by atoms with Crippen LogP contribution in [0, 0.1) is 5.82 Å². The Morgan fingerprint density at radius 3 is 2.25 bits per heavy atom. The molecule has 0 aliphatic carbocycles. The van der Waals surface area contributed by atoms with Crippen LogP contribution >= 0.6 is 0 Å². The fourth-order valence-electron chi connectivity index (χ4n) is 2.95. The number of alkyl halides is 3. The Kier molecular flexibility index (Phi) is 6.28. The van der Waals surface area contributed by atoms with Gasteiger partial charge in [0.1, 0.15) is 5.82 Å². The maximum absolute atomic E-state index is 14.5. The Balaban J connectivity index is 2.34. The largest absolute Gasteiger partial charge is 0.493 e. The van der Waals surface area contributed by atoms with E-state index in [0.29, 0.717) is 31.9 Å². The van der Waals surface area contributed by atoms with Gasteiger partial charge in [0.25, 0.3) is 0 Å². The van der Waals surface area contributed by atoms with Crippen molar-refractivity contribution in [3.8, 4) is 11.5 Å². The third kappa shape index (κ3) is 4.73. The summed E-state index contributed by atoms with van der Waals surface area (Å²) in [7, 11) is 2.80. The lowest BCUT2D eigenvalue weighted by Gasteiger charge is -2.35. The molecule has 136 valence electrons. The minimum absolute atomic E-state index is 0.199. The fourth-order valence-corrected chi connectivity index (χ4v) is 2.95. The van der Waals surface area contributed by atoms with Crippen LogP contribution in [0.4, 0.5) is 17.6 Å². The topological polar surface area (TPSA) is 33.7 Å². The summed E-state index contributed by atoms with van der Waals surface area (Å²) in [6.07, 6.45) is -5.44. The zero-order valence-corrected chi connectivity index (χ0v) is 13.8. The van der Waals surface area contributed by atoms with E-state index in [4.69, 9.17) is 9.47 Å². The van der Waals surface area contributed by atoms with Gasteiger partial charge in [-0.1, -0.05) is 0 Å². The molecule has 0 amide bonds. The summed E-state index contributed by atoms with van der Waals surface area (Å²) in [6.45, 7) is 2.46. The molecule has 1 atom stereocenters. The smallest absolute Gasteiger partial charge is 0.389 e. The second-order valence-electron chi connectivity index (χ2n) is 5.68. The van der Waals surface area contributed by atoms with Crippen LogP contribution in [0.3, 0.4) is 0 Å². The zero-order valence-electron chi connectivity index (χ0n) is 13.8. The Bertz CT molecular complexity index is 546. The lowest BCUT2D eigenvalue weighted by atomic mass is 9.98. The van der Waals surface area contributed by atoms with Crippen LogP contribution in [0.5, 0.6) is 11.5 Å². The number of methoxy groups -OCH3 is 2. The summed E-state index contributed by atoms with van der Waals surface area (Å²) in [4.78, 5) is 1.88. The van der Waals surface area contributed by atoms with E-state index in [9.17, 15) is 17.6 Å². The first-order valence-electron chi connectivity index (χ1n) is 7.78. The Morgan fingerprint density at radius 2 is 1.71 bits per heavy atom.